The first-order valence-electron chi connectivity index (χ1n) is 8.59. The minimum atomic E-state index is -0.129. The van der Waals surface area contributed by atoms with Crippen molar-refractivity contribution in [1.29, 1.82) is 0 Å². The number of nitrogens with zero attached hydrogens (tertiary/aromatic N) is 3. The van der Waals surface area contributed by atoms with Crippen molar-refractivity contribution in [3.63, 3.8) is 0 Å². The van der Waals surface area contributed by atoms with E-state index in [0.29, 0.717) is 24.1 Å². The van der Waals surface area contributed by atoms with Crippen LogP contribution in [0.3, 0.4) is 0 Å². The van der Waals surface area contributed by atoms with Gasteiger partial charge in [0, 0.05) is 5.56 Å². The van der Waals surface area contributed by atoms with Crippen LogP contribution in [0.15, 0.2) is 59.8 Å². The zero-order valence-electron chi connectivity index (χ0n) is 15.4. The summed E-state index contributed by atoms with van der Waals surface area (Å²) in [6, 6.07) is 16.8. The normalized spacial score (nSPS) is 10.5. The molecule has 0 aliphatic carbocycles. The zero-order chi connectivity index (χ0) is 19.8. The molecule has 0 bridgehead atoms. The van der Waals surface area contributed by atoms with Crippen LogP contribution in [0.2, 0.25) is 0 Å². The van der Waals surface area contributed by atoms with E-state index in [2.05, 4.69) is 15.5 Å². The Morgan fingerprint density at radius 2 is 1.86 bits per heavy atom. The molecule has 2 aromatic carbocycles. The molecule has 1 heterocycles. The van der Waals surface area contributed by atoms with E-state index in [0.717, 1.165) is 17.1 Å². The molecule has 3 rings (SSSR count). The molecular formula is C19H21N5O3S. The van der Waals surface area contributed by atoms with Crippen molar-refractivity contribution in [2.24, 2.45) is 0 Å². The molecule has 0 saturated heterocycles. The molecule has 1 amide bonds. The first-order chi connectivity index (χ1) is 13.7. The molecular weight excluding hydrogens is 378 g/mol. The Morgan fingerprint density at radius 3 is 2.57 bits per heavy atom. The third kappa shape index (κ3) is 5.17. The van der Waals surface area contributed by atoms with E-state index in [1.807, 2.05) is 54.6 Å². The van der Waals surface area contributed by atoms with Crippen LogP contribution in [-0.4, -0.2) is 46.8 Å². The highest BCUT2D eigenvalue weighted by atomic mass is 32.2. The molecule has 0 spiro atoms. The summed E-state index contributed by atoms with van der Waals surface area (Å²) in [5, 5.41) is 11.4. The number of nitrogens with one attached hydrogen (secondary N) is 1. The maximum atomic E-state index is 12.0. The van der Waals surface area contributed by atoms with Gasteiger partial charge in [0.25, 0.3) is 0 Å². The predicted octanol–water partition coefficient (Wildman–Crippen LogP) is 1.95. The van der Waals surface area contributed by atoms with Crippen LogP contribution in [0.1, 0.15) is 0 Å². The monoisotopic (exact) mass is 399 g/mol. The lowest BCUT2D eigenvalue weighted by molar-refractivity contribution is -0.118. The third-order valence-electron chi connectivity index (χ3n) is 3.78. The lowest BCUT2D eigenvalue weighted by Gasteiger charge is -2.07. The van der Waals surface area contributed by atoms with E-state index < -0.39 is 0 Å². The number of carbonyl (C=O) groups is 1. The fourth-order valence-electron chi connectivity index (χ4n) is 2.37. The van der Waals surface area contributed by atoms with Crippen molar-refractivity contribution in [3.8, 4) is 22.9 Å². The van der Waals surface area contributed by atoms with Gasteiger partial charge in [-0.15, -0.1) is 10.2 Å². The Labute approximate surface area is 167 Å². The van der Waals surface area contributed by atoms with Gasteiger partial charge in [-0.3, -0.25) is 4.79 Å². The number of nitrogen functional groups attached to an aromatic ring is 1. The summed E-state index contributed by atoms with van der Waals surface area (Å²) in [7, 11) is 1.61. The number of nitrogens with two attached hydrogens (primary N) is 1. The molecule has 9 heteroatoms. The topological polar surface area (TPSA) is 104 Å². The van der Waals surface area contributed by atoms with Crippen LogP contribution < -0.4 is 20.6 Å². The average Bonchev–Trinajstić information content (AvgIpc) is 3.11. The molecule has 146 valence electrons. The summed E-state index contributed by atoms with van der Waals surface area (Å²) in [4.78, 5) is 12.0. The van der Waals surface area contributed by atoms with Gasteiger partial charge in [-0.2, -0.15) is 0 Å². The molecule has 28 heavy (non-hydrogen) atoms. The summed E-state index contributed by atoms with van der Waals surface area (Å²) in [5.41, 5.74) is 0.810. The van der Waals surface area contributed by atoms with Gasteiger partial charge in [-0.05, 0) is 36.4 Å². The largest absolute Gasteiger partial charge is 0.497 e. The number of methoxy groups -OCH3 is 1. The number of thioether (sulfide) groups is 1. The summed E-state index contributed by atoms with van der Waals surface area (Å²) < 4.78 is 12.0. The van der Waals surface area contributed by atoms with Crippen LogP contribution in [0.25, 0.3) is 11.4 Å². The van der Waals surface area contributed by atoms with E-state index in [1.54, 1.807) is 7.11 Å². The Morgan fingerprint density at radius 1 is 1.11 bits per heavy atom. The van der Waals surface area contributed by atoms with Gasteiger partial charge in [0.15, 0.2) is 5.82 Å². The van der Waals surface area contributed by atoms with E-state index in [1.165, 1.54) is 16.4 Å². The molecule has 3 aromatic rings. The molecule has 1 aromatic heterocycles. The van der Waals surface area contributed by atoms with Crippen LogP contribution in [0.4, 0.5) is 0 Å². The van der Waals surface area contributed by atoms with Crippen LogP contribution in [-0.2, 0) is 4.79 Å². The van der Waals surface area contributed by atoms with Crippen molar-refractivity contribution in [2.75, 3.05) is 31.9 Å². The molecule has 0 unspecified atom stereocenters. The summed E-state index contributed by atoms with van der Waals surface area (Å²) in [6.07, 6.45) is 0. The minimum absolute atomic E-state index is 0.129. The van der Waals surface area contributed by atoms with Gasteiger partial charge >= 0.3 is 0 Å². The van der Waals surface area contributed by atoms with Crippen molar-refractivity contribution in [1.82, 2.24) is 20.2 Å². The second-order valence-electron chi connectivity index (χ2n) is 5.70. The van der Waals surface area contributed by atoms with Gasteiger partial charge in [-0.25, -0.2) is 4.68 Å². The fraction of sp³-hybridized carbons (Fsp3) is 0.211. The second kappa shape index (κ2) is 9.65. The summed E-state index contributed by atoms with van der Waals surface area (Å²) in [5.74, 6) is 8.15. The Kier molecular flexibility index (Phi) is 6.74. The molecule has 0 aliphatic heterocycles. The molecule has 0 atom stereocenters. The van der Waals surface area contributed by atoms with Gasteiger partial charge in [0.05, 0.1) is 19.4 Å². The first-order valence-corrected chi connectivity index (χ1v) is 9.58. The predicted molar refractivity (Wildman–Crippen MR) is 108 cm³/mol. The summed E-state index contributed by atoms with van der Waals surface area (Å²) in [6.45, 7) is 0.815. The number of aromatic nitrogens is 3. The quantitative estimate of drug-likeness (QED) is 0.322. The van der Waals surface area contributed by atoms with Crippen molar-refractivity contribution in [2.45, 2.75) is 5.16 Å². The van der Waals surface area contributed by atoms with E-state index in [9.17, 15) is 4.79 Å². The molecule has 0 radical (unpaired) electrons. The highest BCUT2D eigenvalue weighted by Gasteiger charge is 2.13. The first kappa shape index (κ1) is 19.6. The lowest BCUT2D eigenvalue weighted by atomic mass is 10.2. The number of para-hydroxylation sites is 1. The highest BCUT2D eigenvalue weighted by molar-refractivity contribution is 7.99. The number of carbonyl (C=O) groups excluding carboxylic acids is 1. The Balaban J connectivity index is 1.45. The molecule has 0 saturated carbocycles. The second-order valence-corrected chi connectivity index (χ2v) is 6.65. The number of hydrogen-bond donors (Lipinski definition) is 2. The standard InChI is InChI=1S/C19H21N5O3S/c1-26-15-9-7-14(8-10-15)18-22-23-19(24(18)20)28-13-17(25)21-11-12-27-16-5-3-2-4-6-16/h2-10H,11-13,20H2,1H3,(H,21,25). The number of rotatable bonds is 9. The van der Waals surface area contributed by atoms with Crippen LogP contribution >= 0.6 is 11.8 Å². The highest BCUT2D eigenvalue weighted by Crippen LogP contribution is 2.23. The molecule has 0 fully saturated rings. The van der Waals surface area contributed by atoms with Gasteiger partial charge in [-0.1, -0.05) is 30.0 Å². The van der Waals surface area contributed by atoms with E-state index in [4.69, 9.17) is 15.3 Å². The number of benzene rings is 2. The Bertz CT molecular complexity index is 900. The SMILES string of the molecule is COc1ccc(-c2nnc(SCC(=O)NCCOc3ccccc3)n2N)cc1. The van der Waals surface area contributed by atoms with E-state index >= 15 is 0 Å². The van der Waals surface area contributed by atoms with Crippen molar-refractivity contribution < 1.29 is 14.3 Å². The van der Waals surface area contributed by atoms with Crippen molar-refractivity contribution in [3.05, 3.63) is 54.6 Å². The third-order valence-corrected chi connectivity index (χ3v) is 4.72. The maximum absolute atomic E-state index is 12.0. The number of ether oxygens (including phenoxy) is 2. The van der Waals surface area contributed by atoms with Gasteiger partial charge in [0.2, 0.25) is 11.1 Å². The van der Waals surface area contributed by atoms with Gasteiger partial charge < -0.3 is 20.6 Å². The molecule has 3 N–H and O–H groups in total. The lowest BCUT2D eigenvalue weighted by Crippen LogP contribution is -2.29. The molecule has 8 nitrogen and oxygen atoms in total. The van der Waals surface area contributed by atoms with Crippen LogP contribution in [0.5, 0.6) is 11.5 Å². The van der Waals surface area contributed by atoms with E-state index in [-0.39, 0.29) is 11.7 Å². The van der Waals surface area contributed by atoms with Crippen LogP contribution in [0, 0.1) is 0 Å². The average molecular weight is 399 g/mol. The minimum Gasteiger partial charge on any atom is -0.497 e. The van der Waals surface area contributed by atoms with Gasteiger partial charge in [0.1, 0.15) is 18.1 Å². The number of hydrogen-bond acceptors (Lipinski definition) is 7. The number of amides is 1. The maximum Gasteiger partial charge on any atom is 0.230 e. The molecule has 0 aliphatic rings. The Hall–Kier alpha value is -3.20. The fourth-order valence-corrected chi connectivity index (χ4v) is 3.06. The van der Waals surface area contributed by atoms with Crippen molar-refractivity contribution >= 4 is 17.7 Å². The smallest absolute Gasteiger partial charge is 0.230 e. The summed E-state index contributed by atoms with van der Waals surface area (Å²) >= 11 is 1.22. The zero-order valence-corrected chi connectivity index (χ0v) is 16.2.